The van der Waals surface area contributed by atoms with Crippen molar-refractivity contribution in [1.82, 2.24) is 10.4 Å². The third kappa shape index (κ3) is 5.54. The molecule has 0 aliphatic carbocycles. The second-order valence-corrected chi connectivity index (χ2v) is 5.81. The first-order chi connectivity index (χ1) is 11.7. The number of hydrogen-bond donors (Lipinski definition) is 2. The van der Waals surface area contributed by atoms with E-state index in [2.05, 4.69) is 10.1 Å². The Morgan fingerprint density at radius 1 is 1.32 bits per heavy atom. The van der Waals surface area contributed by atoms with E-state index in [1.54, 1.807) is 11.6 Å². The van der Waals surface area contributed by atoms with Crippen molar-refractivity contribution in [3.05, 3.63) is 41.5 Å². The zero-order valence-corrected chi connectivity index (χ0v) is 14.6. The summed E-state index contributed by atoms with van der Waals surface area (Å²) in [6.07, 6.45) is 3.78. The van der Waals surface area contributed by atoms with Crippen molar-refractivity contribution in [2.75, 3.05) is 32.8 Å². The molecule has 2 heterocycles. The number of carbonyl (C=O) groups is 1. The topological polar surface area (TPSA) is 83.4 Å². The fourth-order valence-corrected chi connectivity index (χ4v) is 2.76. The highest BCUT2D eigenvalue weighted by molar-refractivity contribution is 6.01. The summed E-state index contributed by atoms with van der Waals surface area (Å²) in [4.78, 5) is 18.9. The Kier molecular flexibility index (Phi) is 7.39. The van der Waals surface area contributed by atoms with Crippen LogP contribution >= 0.6 is 12.4 Å². The quantitative estimate of drug-likeness (QED) is 0.467. The highest BCUT2D eigenvalue weighted by atomic mass is 35.5. The standard InChI is InChI=1S/C17H21N3O4.ClH/c21-17(18-22)6-3-13-1-4-14(5-2-13)16-11-15(24-19-16)12-20-7-9-23-10-8-20;/h1-6,15,22H,7-12H2,(H,18,21);1H/b6-3+;. The molecular formula is C17H22ClN3O4. The lowest BCUT2D eigenvalue weighted by atomic mass is 10.0. The van der Waals surface area contributed by atoms with Crippen molar-refractivity contribution in [1.29, 1.82) is 0 Å². The average molecular weight is 368 g/mol. The van der Waals surface area contributed by atoms with Crippen LogP contribution in [0.15, 0.2) is 35.5 Å². The van der Waals surface area contributed by atoms with Gasteiger partial charge in [-0.05, 0) is 17.2 Å². The number of ether oxygens (including phenoxy) is 1. The number of hydrogen-bond acceptors (Lipinski definition) is 6. The summed E-state index contributed by atoms with van der Waals surface area (Å²) in [5, 5.41) is 12.7. The second-order valence-electron chi connectivity index (χ2n) is 5.81. The van der Waals surface area contributed by atoms with Gasteiger partial charge in [0.2, 0.25) is 0 Å². The lowest BCUT2D eigenvalue weighted by molar-refractivity contribution is -0.124. The molecule has 1 fully saturated rings. The molecule has 0 bridgehead atoms. The fourth-order valence-electron chi connectivity index (χ4n) is 2.76. The van der Waals surface area contributed by atoms with Gasteiger partial charge in [-0.15, -0.1) is 12.4 Å². The molecule has 1 atom stereocenters. The van der Waals surface area contributed by atoms with Crippen molar-refractivity contribution >= 4 is 30.1 Å². The highest BCUT2D eigenvalue weighted by Crippen LogP contribution is 2.19. The molecule has 1 amide bonds. The lowest BCUT2D eigenvalue weighted by Crippen LogP contribution is -2.41. The van der Waals surface area contributed by atoms with Gasteiger partial charge >= 0.3 is 0 Å². The van der Waals surface area contributed by atoms with Crippen LogP contribution in [0, 0.1) is 0 Å². The van der Waals surface area contributed by atoms with Gasteiger partial charge in [0.25, 0.3) is 5.91 Å². The molecule has 7 nitrogen and oxygen atoms in total. The minimum atomic E-state index is -0.557. The zero-order chi connectivity index (χ0) is 16.8. The van der Waals surface area contributed by atoms with Crippen molar-refractivity contribution in [2.45, 2.75) is 12.5 Å². The van der Waals surface area contributed by atoms with Crippen LogP contribution in [0.2, 0.25) is 0 Å². The molecule has 2 aliphatic rings. The Morgan fingerprint density at radius 2 is 2.04 bits per heavy atom. The molecule has 136 valence electrons. The van der Waals surface area contributed by atoms with Crippen LogP contribution in [-0.2, 0) is 14.4 Å². The Balaban J connectivity index is 0.00000225. The van der Waals surface area contributed by atoms with Crippen molar-refractivity contribution in [3.63, 3.8) is 0 Å². The van der Waals surface area contributed by atoms with Crippen LogP contribution in [0.25, 0.3) is 6.08 Å². The first-order valence-electron chi connectivity index (χ1n) is 8.00. The number of rotatable bonds is 5. The summed E-state index contributed by atoms with van der Waals surface area (Å²) < 4.78 is 5.35. The maximum Gasteiger partial charge on any atom is 0.267 e. The normalized spacial score (nSPS) is 20.7. The van der Waals surface area contributed by atoms with E-state index >= 15 is 0 Å². The zero-order valence-electron chi connectivity index (χ0n) is 13.8. The van der Waals surface area contributed by atoms with Gasteiger partial charge in [-0.25, -0.2) is 5.48 Å². The van der Waals surface area contributed by atoms with Gasteiger partial charge < -0.3 is 9.57 Å². The second kappa shape index (κ2) is 9.53. The molecule has 1 unspecified atom stereocenters. The summed E-state index contributed by atoms with van der Waals surface area (Å²) >= 11 is 0. The van der Waals surface area contributed by atoms with Gasteiger partial charge in [-0.1, -0.05) is 29.4 Å². The molecule has 0 saturated carbocycles. The third-order valence-electron chi connectivity index (χ3n) is 4.08. The molecule has 8 heteroatoms. The number of halogens is 1. The van der Waals surface area contributed by atoms with E-state index in [9.17, 15) is 4.79 Å². The van der Waals surface area contributed by atoms with Gasteiger partial charge in [-0.2, -0.15) is 0 Å². The first kappa shape index (κ1) is 19.4. The van der Waals surface area contributed by atoms with Gasteiger partial charge in [0, 0.05) is 32.1 Å². The Labute approximate surface area is 152 Å². The Morgan fingerprint density at radius 3 is 2.72 bits per heavy atom. The smallest absolute Gasteiger partial charge is 0.267 e. The monoisotopic (exact) mass is 367 g/mol. The summed E-state index contributed by atoms with van der Waals surface area (Å²) in [5.74, 6) is -0.557. The van der Waals surface area contributed by atoms with Crippen LogP contribution in [0.1, 0.15) is 17.5 Å². The fraction of sp³-hybridized carbons (Fsp3) is 0.412. The lowest BCUT2D eigenvalue weighted by Gasteiger charge is -2.27. The van der Waals surface area contributed by atoms with E-state index in [1.807, 2.05) is 24.3 Å². The average Bonchev–Trinajstić information content (AvgIpc) is 3.09. The maximum absolute atomic E-state index is 11.0. The number of amides is 1. The van der Waals surface area contributed by atoms with Crippen LogP contribution in [-0.4, -0.2) is 60.7 Å². The SMILES string of the molecule is Cl.O=C(/C=C/c1ccc(C2=NOC(CN3CCOCC3)C2)cc1)NO. The Bertz CT molecular complexity index is 627. The van der Waals surface area contributed by atoms with Gasteiger partial charge in [0.15, 0.2) is 0 Å². The molecule has 1 aromatic rings. The largest absolute Gasteiger partial charge is 0.390 e. The molecule has 1 saturated heterocycles. The predicted molar refractivity (Wildman–Crippen MR) is 95.9 cm³/mol. The van der Waals surface area contributed by atoms with Crippen molar-refractivity contribution in [3.8, 4) is 0 Å². The van der Waals surface area contributed by atoms with Crippen molar-refractivity contribution < 1.29 is 19.6 Å². The van der Waals surface area contributed by atoms with Crippen LogP contribution in [0.3, 0.4) is 0 Å². The van der Waals surface area contributed by atoms with Gasteiger partial charge in [-0.3, -0.25) is 14.9 Å². The minimum Gasteiger partial charge on any atom is -0.390 e. The van der Waals surface area contributed by atoms with Crippen LogP contribution in [0.4, 0.5) is 0 Å². The summed E-state index contributed by atoms with van der Waals surface area (Å²) in [6.45, 7) is 4.32. The summed E-state index contributed by atoms with van der Waals surface area (Å²) in [5.41, 5.74) is 4.38. The molecule has 0 aromatic heterocycles. The van der Waals surface area contributed by atoms with Crippen LogP contribution < -0.4 is 5.48 Å². The number of hydroxylamine groups is 1. The molecular weight excluding hydrogens is 346 g/mol. The Hall–Kier alpha value is -1.93. The molecule has 2 N–H and O–H groups in total. The van der Waals surface area contributed by atoms with Crippen molar-refractivity contribution in [2.24, 2.45) is 5.16 Å². The summed E-state index contributed by atoms with van der Waals surface area (Å²) in [6, 6.07) is 7.70. The molecule has 3 rings (SSSR count). The van der Waals surface area contributed by atoms with Crippen LogP contribution in [0.5, 0.6) is 0 Å². The molecule has 0 spiro atoms. The van der Waals surface area contributed by atoms with E-state index in [-0.39, 0.29) is 18.5 Å². The molecule has 0 radical (unpaired) electrons. The number of nitrogens with zero attached hydrogens (tertiary/aromatic N) is 2. The number of benzene rings is 1. The molecule has 25 heavy (non-hydrogen) atoms. The van der Waals surface area contributed by atoms with E-state index in [4.69, 9.17) is 14.8 Å². The number of morpholine rings is 1. The third-order valence-corrected chi connectivity index (χ3v) is 4.08. The van der Waals surface area contributed by atoms with E-state index in [1.165, 1.54) is 6.08 Å². The number of nitrogens with one attached hydrogen (secondary N) is 1. The predicted octanol–water partition coefficient (Wildman–Crippen LogP) is 1.45. The molecule has 1 aromatic carbocycles. The first-order valence-corrected chi connectivity index (χ1v) is 8.00. The highest BCUT2D eigenvalue weighted by Gasteiger charge is 2.25. The maximum atomic E-state index is 11.0. The van der Waals surface area contributed by atoms with E-state index in [0.29, 0.717) is 0 Å². The number of oxime groups is 1. The van der Waals surface area contributed by atoms with E-state index < -0.39 is 5.91 Å². The van der Waals surface area contributed by atoms with Gasteiger partial charge in [0.05, 0.1) is 18.9 Å². The molecule has 2 aliphatic heterocycles. The summed E-state index contributed by atoms with van der Waals surface area (Å²) in [7, 11) is 0. The minimum absolute atomic E-state index is 0. The van der Waals surface area contributed by atoms with Gasteiger partial charge in [0.1, 0.15) is 6.10 Å². The van der Waals surface area contributed by atoms with E-state index in [0.717, 1.165) is 56.1 Å². The number of carbonyl (C=O) groups excluding carboxylic acids is 1.